The maximum Gasteiger partial charge on any atom is 0.213 e. The number of carbonyl (C=O) groups is 1. The van der Waals surface area contributed by atoms with Gasteiger partial charge in [0, 0.05) is 11.8 Å². The molecule has 0 saturated carbocycles. The molecule has 0 spiro atoms. The van der Waals surface area contributed by atoms with E-state index in [1.807, 2.05) is 91.0 Å². The fourth-order valence-corrected chi connectivity index (χ4v) is 4.50. The summed E-state index contributed by atoms with van der Waals surface area (Å²) in [6.45, 7) is 0. The summed E-state index contributed by atoms with van der Waals surface area (Å²) < 4.78 is 14.2. The first-order valence-electron chi connectivity index (χ1n) is 11.1. The molecule has 0 bridgehead atoms. The zero-order chi connectivity index (χ0) is 24.3. The van der Waals surface area contributed by atoms with Gasteiger partial charge < -0.3 is 4.98 Å². The van der Waals surface area contributed by atoms with Crippen LogP contribution in [0, 0.1) is 17.1 Å². The molecule has 1 heterocycles. The number of benzene rings is 4. The van der Waals surface area contributed by atoms with E-state index in [0.717, 1.165) is 22.8 Å². The third-order valence-corrected chi connectivity index (χ3v) is 6.14. The maximum absolute atomic E-state index is 14.2. The summed E-state index contributed by atoms with van der Waals surface area (Å²) in [6.07, 6.45) is 1.55. The lowest BCUT2D eigenvalue weighted by Crippen LogP contribution is -2.32. The molecule has 0 aliphatic heterocycles. The average molecular weight is 458 g/mol. The Labute approximate surface area is 202 Å². The molecule has 1 aromatic heterocycles. The summed E-state index contributed by atoms with van der Waals surface area (Å²) in [5.74, 6) is -0.598. The molecule has 5 heteroatoms. The number of rotatable bonds is 6. The van der Waals surface area contributed by atoms with Gasteiger partial charge in [0.25, 0.3) is 0 Å². The molecular formula is C30H20FN3O. The molecule has 4 aromatic carbocycles. The quantitative estimate of drug-likeness (QED) is 0.250. The van der Waals surface area contributed by atoms with Gasteiger partial charge in [0.2, 0.25) is 5.78 Å². The van der Waals surface area contributed by atoms with Crippen LogP contribution in [0.5, 0.6) is 0 Å². The van der Waals surface area contributed by atoms with Gasteiger partial charge in [0.15, 0.2) is 0 Å². The smallest absolute Gasteiger partial charge is 0.213 e. The zero-order valence-corrected chi connectivity index (χ0v) is 18.7. The molecule has 0 fully saturated rings. The first kappa shape index (κ1) is 22.0. The minimum Gasteiger partial charge on any atom is -0.347 e. The van der Waals surface area contributed by atoms with Crippen molar-refractivity contribution < 1.29 is 9.18 Å². The first-order chi connectivity index (χ1) is 17.1. The van der Waals surface area contributed by atoms with Crippen LogP contribution < -0.4 is 0 Å². The number of halogens is 1. The molecule has 5 aromatic rings. The minimum atomic E-state index is -0.821. The van der Waals surface area contributed by atoms with Crippen LogP contribution >= 0.6 is 0 Å². The second kappa shape index (κ2) is 9.20. The van der Waals surface area contributed by atoms with Crippen LogP contribution in [0.25, 0.3) is 0 Å². The Kier molecular flexibility index (Phi) is 5.78. The minimum absolute atomic E-state index is 0.111. The van der Waals surface area contributed by atoms with Crippen molar-refractivity contribution in [2.75, 3.05) is 0 Å². The summed E-state index contributed by atoms with van der Waals surface area (Å²) in [4.78, 5) is 21.2. The average Bonchev–Trinajstić information content (AvgIpc) is 3.41. The van der Waals surface area contributed by atoms with Crippen LogP contribution in [0.1, 0.15) is 44.1 Å². The van der Waals surface area contributed by atoms with E-state index in [1.54, 1.807) is 12.3 Å². The highest BCUT2D eigenvalue weighted by Gasteiger charge is 2.41. The van der Waals surface area contributed by atoms with Crippen LogP contribution in [-0.4, -0.2) is 15.8 Å². The highest BCUT2D eigenvalue weighted by atomic mass is 19.1. The topological polar surface area (TPSA) is 69.5 Å². The molecule has 0 unspecified atom stereocenters. The van der Waals surface area contributed by atoms with Gasteiger partial charge in [0.1, 0.15) is 28.8 Å². The predicted octanol–water partition coefficient (Wildman–Crippen LogP) is 6.03. The van der Waals surface area contributed by atoms with Gasteiger partial charge in [-0.1, -0.05) is 91.0 Å². The van der Waals surface area contributed by atoms with Crippen LogP contribution in [0.2, 0.25) is 0 Å². The number of ketones is 1. The summed E-state index contributed by atoms with van der Waals surface area (Å²) in [7, 11) is 0. The summed E-state index contributed by atoms with van der Waals surface area (Å²) in [5, 5.41) is 8.99. The SMILES string of the molecule is N#Cc1ccc(C(=O)c2c[nH]c(C(c3ccccc3)(c3ccccc3)c3ccccc3)n2)cc1F. The van der Waals surface area contributed by atoms with Crippen molar-refractivity contribution in [3.8, 4) is 6.07 Å². The highest BCUT2D eigenvalue weighted by Crippen LogP contribution is 2.43. The van der Waals surface area contributed by atoms with Gasteiger partial charge in [0.05, 0.1) is 5.56 Å². The molecule has 4 nitrogen and oxygen atoms in total. The second-order valence-electron chi connectivity index (χ2n) is 8.12. The van der Waals surface area contributed by atoms with E-state index in [4.69, 9.17) is 10.2 Å². The third-order valence-electron chi connectivity index (χ3n) is 6.14. The number of nitrogens with zero attached hydrogens (tertiary/aromatic N) is 2. The fourth-order valence-electron chi connectivity index (χ4n) is 4.50. The van der Waals surface area contributed by atoms with Crippen molar-refractivity contribution >= 4 is 5.78 Å². The largest absolute Gasteiger partial charge is 0.347 e. The van der Waals surface area contributed by atoms with Gasteiger partial charge in [-0.05, 0) is 34.9 Å². The maximum atomic E-state index is 14.2. The molecule has 5 rings (SSSR count). The lowest BCUT2D eigenvalue weighted by molar-refractivity contribution is 0.103. The third kappa shape index (κ3) is 3.81. The Morgan fingerprint density at radius 1 is 0.800 bits per heavy atom. The first-order valence-corrected chi connectivity index (χ1v) is 11.1. The number of hydrogen-bond donors (Lipinski definition) is 1. The van der Waals surface area contributed by atoms with Crippen molar-refractivity contribution in [1.29, 1.82) is 5.26 Å². The van der Waals surface area contributed by atoms with Crippen molar-refractivity contribution in [2.24, 2.45) is 0 Å². The van der Waals surface area contributed by atoms with Crippen LogP contribution in [0.3, 0.4) is 0 Å². The number of carbonyl (C=O) groups excluding carboxylic acids is 1. The van der Waals surface area contributed by atoms with E-state index < -0.39 is 17.0 Å². The molecular weight excluding hydrogens is 437 g/mol. The molecule has 168 valence electrons. The number of nitriles is 1. The summed E-state index contributed by atoms with van der Waals surface area (Å²) in [6, 6.07) is 35.6. The zero-order valence-electron chi connectivity index (χ0n) is 18.7. The van der Waals surface area contributed by atoms with Crippen LogP contribution in [0.4, 0.5) is 4.39 Å². The Balaban J connectivity index is 1.72. The number of hydrogen-bond acceptors (Lipinski definition) is 3. The van der Waals surface area contributed by atoms with Crippen molar-refractivity contribution in [1.82, 2.24) is 9.97 Å². The van der Waals surface area contributed by atoms with Gasteiger partial charge in [-0.3, -0.25) is 4.79 Å². The molecule has 0 aliphatic carbocycles. The molecule has 0 saturated heterocycles. The monoisotopic (exact) mass is 457 g/mol. The second-order valence-corrected chi connectivity index (χ2v) is 8.12. The van der Waals surface area contributed by atoms with E-state index in [2.05, 4.69) is 4.98 Å². The number of imidazole rings is 1. The van der Waals surface area contributed by atoms with Crippen LogP contribution in [0.15, 0.2) is 115 Å². The lowest BCUT2D eigenvalue weighted by Gasteiger charge is -2.34. The molecule has 1 N–H and O–H groups in total. The van der Waals surface area contributed by atoms with Crippen molar-refractivity contribution in [3.63, 3.8) is 0 Å². The normalized spacial score (nSPS) is 11.1. The molecule has 0 radical (unpaired) electrons. The van der Waals surface area contributed by atoms with E-state index in [9.17, 15) is 9.18 Å². The number of H-pyrrole nitrogens is 1. The van der Waals surface area contributed by atoms with Crippen molar-refractivity contribution in [2.45, 2.75) is 5.41 Å². The van der Waals surface area contributed by atoms with E-state index in [0.29, 0.717) is 5.82 Å². The van der Waals surface area contributed by atoms with E-state index >= 15 is 0 Å². The summed E-state index contributed by atoms with van der Waals surface area (Å²) >= 11 is 0. The molecule has 0 atom stereocenters. The fraction of sp³-hybridized carbons (Fsp3) is 0.0333. The highest BCUT2D eigenvalue weighted by molar-refractivity contribution is 6.07. The van der Waals surface area contributed by atoms with Gasteiger partial charge in [-0.15, -0.1) is 0 Å². The standard InChI is InChI=1S/C30H20FN3O/c31-26-18-21(16-17-22(26)19-32)28(35)27-20-33-29(34-27)30(23-10-4-1-5-11-23,24-12-6-2-7-13-24)25-14-8-3-9-15-25/h1-18,20H,(H,33,34). The summed E-state index contributed by atoms with van der Waals surface area (Å²) in [5.41, 5.74) is 2.31. The number of aromatic amines is 1. The Morgan fingerprint density at radius 2 is 1.31 bits per heavy atom. The van der Waals surface area contributed by atoms with Gasteiger partial charge in [-0.25, -0.2) is 9.37 Å². The van der Waals surface area contributed by atoms with Gasteiger partial charge in [-0.2, -0.15) is 5.26 Å². The Bertz CT molecular complexity index is 1420. The van der Waals surface area contributed by atoms with E-state index in [-0.39, 0.29) is 16.8 Å². The van der Waals surface area contributed by atoms with Gasteiger partial charge >= 0.3 is 0 Å². The Morgan fingerprint density at radius 3 is 1.77 bits per heavy atom. The van der Waals surface area contributed by atoms with Crippen LogP contribution in [-0.2, 0) is 5.41 Å². The Hall–Kier alpha value is -4.82. The number of aromatic nitrogens is 2. The number of nitrogens with one attached hydrogen (secondary N) is 1. The predicted molar refractivity (Wildman–Crippen MR) is 131 cm³/mol. The van der Waals surface area contributed by atoms with Crippen molar-refractivity contribution in [3.05, 3.63) is 161 Å². The lowest BCUT2D eigenvalue weighted by atomic mass is 9.69. The molecule has 35 heavy (non-hydrogen) atoms. The molecule has 0 amide bonds. The van der Waals surface area contributed by atoms with E-state index in [1.165, 1.54) is 12.1 Å². The molecule has 0 aliphatic rings.